The fourth-order valence-corrected chi connectivity index (χ4v) is 2.44. The maximum absolute atomic E-state index is 13.0. The van der Waals surface area contributed by atoms with Crippen molar-refractivity contribution in [1.29, 1.82) is 0 Å². The van der Waals surface area contributed by atoms with Crippen LogP contribution in [0.3, 0.4) is 0 Å². The van der Waals surface area contributed by atoms with E-state index < -0.39 is 41.5 Å². The van der Waals surface area contributed by atoms with Gasteiger partial charge in [0.2, 0.25) is 12.2 Å². The van der Waals surface area contributed by atoms with E-state index in [1.807, 2.05) is 20.8 Å². The number of alkyl halides is 3. The zero-order valence-corrected chi connectivity index (χ0v) is 18.5. The second-order valence-electron chi connectivity index (χ2n) is 8.91. The lowest BCUT2D eigenvalue weighted by atomic mass is 10.1. The van der Waals surface area contributed by atoms with Gasteiger partial charge in [0.1, 0.15) is 17.4 Å². The van der Waals surface area contributed by atoms with E-state index in [1.54, 1.807) is 24.3 Å². The SMILES string of the molecule is CC(C)(C)Oc1ccc(CNC(=O)C(=O)[C@H](CC(F)(F)F)N(C=O)OC(C)(C)C)cc1. The third kappa shape index (κ3) is 10.3. The molecule has 7 nitrogen and oxygen atoms in total. The molecule has 0 aliphatic heterocycles. The Labute approximate surface area is 179 Å². The molecule has 1 rings (SSSR count). The highest BCUT2D eigenvalue weighted by molar-refractivity contribution is 6.38. The van der Waals surface area contributed by atoms with Crippen LogP contribution in [0.15, 0.2) is 24.3 Å². The Morgan fingerprint density at radius 3 is 2.00 bits per heavy atom. The first-order valence-electron chi connectivity index (χ1n) is 9.60. The van der Waals surface area contributed by atoms with Crippen molar-refractivity contribution >= 4 is 18.1 Å². The van der Waals surface area contributed by atoms with Gasteiger partial charge in [-0.2, -0.15) is 13.2 Å². The van der Waals surface area contributed by atoms with Crippen molar-refractivity contribution in [3.05, 3.63) is 29.8 Å². The maximum Gasteiger partial charge on any atom is 0.391 e. The molecule has 0 aromatic heterocycles. The summed E-state index contributed by atoms with van der Waals surface area (Å²) in [6, 6.07) is 4.51. The van der Waals surface area contributed by atoms with E-state index in [9.17, 15) is 27.6 Å². The number of amides is 2. The molecule has 0 saturated heterocycles. The van der Waals surface area contributed by atoms with Crippen LogP contribution in [0, 0.1) is 0 Å². The van der Waals surface area contributed by atoms with Crippen LogP contribution in [-0.4, -0.2) is 46.6 Å². The van der Waals surface area contributed by atoms with Crippen LogP contribution in [0.1, 0.15) is 53.5 Å². The zero-order chi connectivity index (χ0) is 24.0. The summed E-state index contributed by atoms with van der Waals surface area (Å²) in [5.74, 6) is -2.08. The first-order chi connectivity index (χ1) is 14.0. The molecule has 0 aliphatic carbocycles. The topological polar surface area (TPSA) is 84.9 Å². The minimum absolute atomic E-state index is 0.0409. The first kappa shape index (κ1) is 26.4. The number of ether oxygens (including phenoxy) is 1. The highest BCUT2D eigenvalue weighted by Crippen LogP contribution is 2.26. The number of hydrogen-bond acceptors (Lipinski definition) is 5. The molecule has 1 N–H and O–H groups in total. The lowest BCUT2D eigenvalue weighted by Gasteiger charge is -2.32. The zero-order valence-electron chi connectivity index (χ0n) is 18.5. The molecule has 0 unspecified atom stereocenters. The molecule has 0 spiro atoms. The van der Waals surface area contributed by atoms with E-state index in [2.05, 4.69) is 5.32 Å². The fraction of sp³-hybridized carbons (Fsp3) is 0.571. The van der Waals surface area contributed by atoms with Gasteiger partial charge in [0.05, 0.1) is 12.0 Å². The average Bonchev–Trinajstić information content (AvgIpc) is 2.60. The Bertz CT molecular complexity index is 765. The van der Waals surface area contributed by atoms with Crippen LogP contribution in [-0.2, 0) is 25.8 Å². The van der Waals surface area contributed by atoms with Gasteiger partial charge in [-0.05, 0) is 59.2 Å². The van der Waals surface area contributed by atoms with Gasteiger partial charge in [0.25, 0.3) is 5.91 Å². The molecule has 10 heteroatoms. The minimum atomic E-state index is -4.80. The first-order valence-corrected chi connectivity index (χ1v) is 9.60. The summed E-state index contributed by atoms with van der Waals surface area (Å²) in [7, 11) is 0. The second kappa shape index (κ2) is 10.1. The Morgan fingerprint density at radius 2 is 1.58 bits per heavy atom. The largest absolute Gasteiger partial charge is 0.488 e. The van der Waals surface area contributed by atoms with Crippen LogP contribution in [0.25, 0.3) is 0 Å². The average molecular weight is 446 g/mol. The molecular weight excluding hydrogens is 417 g/mol. The Kier molecular flexibility index (Phi) is 8.63. The molecule has 1 atom stereocenters. The van der Waals surface area contributed by atoms with Gasteiger partial charge in [-0.15, -0.1) is 0 Å². The number of hydrogen-bond donors (Lipinski definition) is 1. The van der Waals surface area contributed by atoms with Crippen molar-refractivity contribution in [3.8, 4) is 5.75 Å². The van der Waals surface area contributed by atoms with E-state index in [0.717, 1.165) is 0 Å². The van der Waals surface area contributed by atoms with Gasteiger partial charge in [-0.3, -0.25) is 19.2 Å². The van der Waals surface area contributed by atoms with Crippen molar-refractivity contribution in [2.75, 3.05) is 0 Å². The number of nitrogens with zero attached hydrogens (tertiary/aromatic N) is 1. The van der Waals surface area contributed by atoms with Crippen molar-refractivity contribution in [2.24, 2.45) is 0 Å². The number of carbonyl (C=O) groups excluding carboxylic acids is 3. The highest BCUT2D eigenvalue weighted by Gasteiger charge is 2.42. The standard InChI is InChI=1S/C21H29F3N2O5/c1-19(2,3)30-15-9-7-14(8-10-15)12-25-18(29)17(28)16(11-21(22,23)24)26(13-27)31-20(4,5)6/h7-10,13,16H,11-12H2,1-6H3,(H,25,29)/t16-/m0/s1. The van der Waals surface area contributed by atoms with Crippen LogP contribution in [0.4, 0.5) is 13.2 Å². The summed E-state index contributed by atoms with van der Waals surface area (Å²) in [5.41, 5.74) is -0.846. The smallest absolute Gasteiger partial charge is 0.391 e. The number of ketones is 1. The number of halogens is 3. The van der Waals surface area contributed by atoms with E-state index in [-0.39, 0.29) is 18.0 Å². The van der Waals surface area contributed by atoms with Crippen molar-refractivity contribution < 1.29 is 37.1 Å². The van der Waals surface area contributed by atoms with E-state index in [1.165, 1.54) is 20.8 Å². The summed E-state index contributed by atoms with van der Waals surface area (Å²) in [4.78, 5) is 41.1. The quantitative estimate of drug-likeness (QED) is 0.356. The fourth-order valence-electron chi connectivity index (χ4n) is 2.44. The number of benzene rings is 1. The third-order valence-corrected chi connectivity index (χ3v) is 3.54. The van der Waals surface area contributed by atoms with Crippen molar-refractivity contribution in [2.45, 2.75) is 77.9 Å². The predicted molar refractivity (Wildman–Crippen MR) is 107 cm³/mol. The summed E-state index contributed by atoms with van der Waals surface area (Å²) < 4.78 is 44.6. The molecule has 0 bridgehead atoms. The number of carbonyl (C=O) groups is 3. The minimum Gasteiger partial charge on any atom is -0.488 e. The predicted octanol–water partition coefficient (Wildman–Crippen LogP) is 3.56. The molecule has 31 heavy (non-hydrogen) atoms. The molecule has 0 aliphatic rings. The lowest BCUT2D eigenvalue weighted by molar-refractivity contribution is -0.244. The second-order valence-corrected chi connectivity index (χ2v) is 8.91. The normalized spacial score (nSPS) is 13.3. The Hall–Kier alpha value is -2.62. The van der Waals surface area contributed by atoms with Gasteiger partial charge in [0.15, 0.2) is 0 Å². The van der Waals surface area contributed by atoms with Crippen LogP contribution >= 0.6 is 0 Å². The molecule has 174 valence electrons. The van der Waals surface area contributed by atoms with E-state index >= 15 is 0 Å². The molecular formula is C21H29F3N2O5. The van der Waals surface area contributed by atoms with Gasteiger partial charge in [-0.1, -0.05) is 12.1 Å². The Balaban J connectivity index is 2.87. The van der Waals surface area contributed by atoms with Crippen LogP contribution in [0.2, 0.25) is 0 Å². The molecule has 0 saturated carbocycles. The summed E-state index contributed by atoms with van der Waals surface area (Å²) in [6.07, 6.45) is -6.56. The Morgan fingerprint density at radius 1 is 1.03 bits per heavy atom. The summed E-state index contributed by atoms with van der Waals surface area (Å²) >= 11 is 0. The van der Waals surface area contributed by atoms with Crippen LogP contribution < -0.4 is 10.1 Å². The van der Waals surface area contributed by atoms with E-state index in [0.29, 0.717) is 11.3 Å². The molecule has 1 aromatic carbocycles. The van der Waals surface area contributed by atoms with E-state index in [4.69, 9.17) is 9.57 Å². The summed E-state index contributed by atoms with van der Waals surface area (Å²) in [6.45, 7) is 10.0. The van der Waals surface area contributed by atoms with Crippen LogP contribution in [0.5, 0.6) is 5.75 Å². The maximum atomic E-state index is 13.0. The van der Waals surface area contributed by atoms with Gasteiger partial charge in [0, 0.05) is 6.54 Å². The molecule has 0 heterocycles. The van der Waals surface area contributed by atoms with Gasteiger partial charge < -0.3 is 10.1 Å². The lowest BCUT2D eigenvalue weighted by Crippen LogP contribution is -2.51. The van der Waals surface area contributed by atoms with Gasteiger partial charge >= 0.3 is 6.18 Å². The van der Waals surface area contributed by atoms with Crippen molar-refractivity contribution in [1.82, 2.24) is 10.4 Å². The van der Waals surface area contributed by atoms with Crippen molar-refractivity contribution in [3.63, 3.8) is 0 Å². The number of hydroxylamine groups is 2. The van der Waals surface area contributed by atoms with Gasteiger partial charge in [-0.25, -0.2) is 5.06 Å². The molecule has 0 radical (unpaired) electrons. The highest BCUT2D eigenvalue weighted by atomic mass is 19.4. The number of Topliss-reactive ketones (excluding diaryl/α,β-unsaturated/α-hetero) is 1. The molecule has 2 amide bonds. The third-order valence-electron chi connectivity index (χ3n) is 3.54. The summed E-state index contributed by atoms with van der Waals surface area (Å²) in [5, 5.41) is 2.52. The molecule has 0 fully saturated rings. The number of nitrogens with one attached hydrogen (secondary N) is 1. The molecule has 1 aromatic rings. The monoisotopic (exact) mass is 446 g/mol. The number of rotatable bonds is 9.